The first-order valence-electron chi connectivity index (χ1n) is 3.72. The van der Waals surface area contributed by atoms with Crippen LogP contribution in [0.5, 0.6) is 0 Å². The third-order valence-electron chi connectivity index (χ3n) is 1.90. The predicted molar refractivity (Wildman–Crippen MR) is 53.4 cm³/mol. The van der Waals surface area contributed by atoms with Crippen LogP contribution in [0.25, 0.3) is 15.2 Å². The van der Waals surface area contributed by atoms with Crippen LogP contribution in [-0.2, 0) is 0 Å². The first-order valence-corrected chi connectivity index (χ1v) is 4.92. The van der Waals surface area contributed by atoms with E-state index in [1.807, 2.05) is 22.6 Å². The summed E-state index contributed by atoms with van der Waals surface area (Å²) in [6.07, 6.45) is 1.71. The summed E-state index contributed by atoms with van der Waals surface area (Å²) in [6.45, 7) is 0. The van der Waals surface area contributed by atoms with Crippen LogP contribution in [0.1, 0.15) is 0 Å². The fourth-order valence-electron chi connectivity index (χ4n) is 1.33. The molecule has 3 aromatic rings. The lowest BCUT2D eigenvalue weighted by atomic mass is 10.3. The molecule has 64 valence electrons. The molecule has 13 heavy (non-hydrogen) atoms. The number of aromatic nitrogens is 3. The highest BCUT2D eigenvalue weighted by molar-refractivity contribution is 7.23. The molecule has 5 heteroatoms. The van der Waals surface area contributed by atoms with Crippen molar-refractivity contribution in [2.45, 2.75) is 0 Å². The Bertz CT molecular complexity index is 583. The fraction of sp³-hybridized carbons (Fsp3) is 0. The Morgan fingerprint density at radius 1 is 1.38 bits per heavy atom. The summed E-state index contributed by atoms with van der Waals surface area (Å²) in [7, 11) is 0. The predicted octanol–water partition coefficient (Wildman–Crippen LogP) is 2.60. The van der Waals surface area contributed by atoms with E-state index in [9.17, 15) is 0 Å². The lowest BCUT2D eigenvalue weighted by molar-refractivity contribution is 1.11. The molecule has 0 spiro atoms. The Kier molecular flexibility index (Phi) is 1.36. The van der Waals surface area contributed by atoms with Gasteiger partial charge in [0.15, 0.2) is 0 Å². The van der Waals surface area contributed by atoms with Crippen molar-refractivity contribution in [1.82, 2.24) is 14.6 Å². The number of halogens is 1. The number of hydrogen-bond acceptors (Lipinski definition) is 3. The molecule has 0 N–H and O–H groups in total. The first kappa shape index (κ1) is 7.29. The number of hydrogen-bond donors (Lipinski definition) is 0. The van der Waals surface area contributed by atoms with Gasteiger partial charge in [-0.05, 0) is 18.2 Å². The van der Waals surface area contributed by atoms with Crippen molar-refractivity contribution in [3.8, 4) is 0 Å². The molecule has 3 nitrogen and oxygen atoms in total. The minimum Gasteiger partial charge on any atom is -0.272 e. The standard InChI is InChI=1S/C8H4ClN3S/c9-5-1-2-6-7(3-5)13-8-11-10-4-12(6)8/h1-4H. The van der Waals surface area contributed by atoms with Gasteiger partial charge in [-0.15, -0.1) is 10.2 Å². The second-order valence-electron chi connectivity index (χ2n) is 2.70. The van der Waals surface area contributed by atoms with E-state index in [1.54, 1.807) is 17.7 Å². The van der Waals surface area contributed by atoms with Gasteiger partial charge in [0.1, 0.15) is 6.33 Å². The molecule has 0 atom stereocenters. The largest absolute Gasteiger partial charge is 0.272 e. The monoisotopic (exact) mass is 209 g/mol. The topological polar surface area (TPSA) is 30.2 Å². The minimum absolute atomic E-state index is 0.755. The SMILES string of the molecule is Clc1ccc2c(c1)sc1nncn12. The van der Waals surface area contributed by atoms with Crippen LogP contribution in [0.3, 0.4) is 0 Å². The average molecular weight is 210 g/mol. The Labute approximate surface area is 82.6 Å². The second-order valence-corrected chi connectivity index (χ2v) is 4.14. The Hall–Kier alpha value is -1.13. The van der Waals surface area contributed by atoms with Gasteiger partial charge in [0, 0.05) is 5.02 Å². The second kappa shape index (κ2) is 2.43. The van der Waals surface area contributed by atoms with Gasteiger partial charge in [0.25, 0.3) is 0 Å². The molecule has 1 aromatic carbocycles. The van der Waals surface area contributed by atoms with Crippen LogP contribution >= 0.6 is 22.9 Å². The quantitative estimate of drug-likeness (QED) is 0.570. The van der Waals surface area contributed by atoms with Crippen molar-refractivity contribution in [2.75, 3.05) is 0 Å². The molecule has 2 heterocycles. The number of thiazole rings is 1. The molecule has 0 bridgehead atoms. The summed E-state index contributed by atoms with van der Waals surface area (Å²) in [5.74, 6) is 0. The van der Waals surface area contributed by atoms with E-state index >= 15 is 0 Å². The zero-order chi connectivity index (χ0) is 8.84. The number of fused-ring (bicyclic) bond motifs is 3. The lowest BCUT2D eigenvalue weighted by Crippen LogP contribution is -1.75. The van der Waals surface area contributed by atoms with Crippen molar-refractivity contribution in [2.24, 2.45) is 0 Å². The third kappa shape index (κ3) is 0.959. The Morgan fingerprint density at radius 2 is 2.31 bits per heavy atom. The maximum atomic E-state index is 5.87. The molecule has 2 aromatic heterocycles. The van der Waals surface area contributed by atoms with E-state index < -0.39 is 0 Å². The zero-order valence-corrected chi connectivity index (χ0v) is 8.01. The van der Waals surface area contributed by atoms with E-state index in [4.69, 9.17) is 11.6 Å². The van der Waals surface area contributed by atoms with E-state index in [0.29, 0.717) is 0 Å². The van der Waals surface area contributed by atoms with Crippen molar-refractivity contribution in [1.29, 1.82) is 0 Å². The number of nitrogens with zero attached hydrogens (tertiary/aromatic N) is 3. The lowest BCUT2D eigenvalue weighted by Gasteiger charge is -1.89. The van der Waals surface area contributed by atoms with Gasteiger partial charge in [0.2, 0.25) is 4.96 Å². The minimum atomic E-state index is 0.755. The summed E-state index contributed by atoms with van der Waals surface area (Å²) < 4.78 is 3.09. The van der Waals surface area contributed by atoms with Crippen molar-refractivity contribution in [3.05, 3.63) is 29.5 Å². The van der Waals surface area contributed by atoms with E-state index in [1.165, 1.54) is 0 Å². The molecule has 0 radical (unpaired) electrons. The van der Waals surface area contributed by atoms with Crippen molar-refractivity contribution >= 4 is 38.1 Å². The molecule has 0 aliphatic carbocycles. The van der Waals surface area contributed by atoms with Gasteiger partial charge in [-0.3, -0.25) is 4.40 Å². The highest BCUT2D eigenvalue weighted by Crippen LogP contribution is 2.27. The molecule has 0 fully saturated rings. The zero-order valence-electron chi connectivity index (χ0n) is 6.44. The molecule has 0 saturated heterocycles. The number of rotatable bonds is 0. The Balaban J connectivity index is 2.59. The summed E-state index contributed by atoms with van der Waals surface area (Å²) in [5, 5.41) is 8.55. The molecule has 0 amide bonds. The average Bonchev–Trinajstić information content (AvgIpc) is 2.62. The van der Waals surface area contributed by atoms with Crippen molar-refractivity contribution < 1.29 is 0 Å². The third-order valence-corrected chi connectivity index (χ3v) is 3.14. The molecule has 3 rings (SSSR count). The molecular formula is C8H4ClN3S. The van der Waals surface area contributed by atoms with Crippen LogP contribution in [0, 0.1) is 0 Å². The molecule has 0 unspecified atom stereocenters. The van der Waals surface area contributed by atoms with Crippen LogP contribution < -0.4 is 0 Å². The van der Waals surface area contributed by atoms with Crippen LogP contribution in [-0.4, -0.2) is 14.6 Å². The number of benzene rings is 1. The molecule has 0 aliphatic heterocycles. The summed E-state index contributed by atoms with van der Waals surface area (Å²) in [5.41, 5.74) is 1.11. The molecule has 0 aliphatic rings. The normalized spacial score (nSPS) is 11.5. The van der Waals surface area contributed by atoms with Gasteiger partial charge in [-0.25, -0.2) is 0 Å². The maximum Gasteiger partial charge on any atom is 0.217 e. The summed E-state index contributed by atoms with van der Waals surface area (Å²) in [6, 6.07) is 5.79. The molecular weight excluding hydrogens is 206 g/mol. The van der Waals surface area contributed by atoms with Gasteiger partial charge < -0.3 is 0 Å². The van der Waals surface area contributed by atoms with E-state index in [2.05, 4.69) is 10.2 Å². The van der Waals surface area contributed by atoms with Crippen LogP contribution in [0.15, 0.2) is 24.5 Å². The van der Waals surface area contributed by atoms with Gasteiger partial charge >= 0.3 is 0 Å². The Morgan fingerprint density at radius 3 is 3.23 bits per heavy atom. The van der Waals surface area contributed by atoms with Gasteiger partial charge in [-0.1, -0.05) is 22.9 Å². The summed E-state index contributed by atoms with van der Waals surface area (Å²) in [4.78, 5) is 0.900. The van der Waals surface area contributed by atoms with Crippen LogP contribution in [0.2, 0.25) is 5.02 Å². The smallest absolute Gasteiger partial charge is 0.217 e. The van der Waals surface area contributed by atoms with Crippen molar-refractivity contribution in [3.63, 3.8) is 0 Å². The van der Waals surface area contributed by atoms with E-state index in [0.717, 1.165) is 20.2 Å². The van der Waals surface area contributed by atoms with E-state index in [-0.39, 0.29) is 0 Å². The highest BCUT2D eigenvalue weighted by Gasteiger charge is 2.05. The highest BCUT2D eigenvalue weighted by atomic mass is 35.5. The first-order chi connectivity index (χ1) is 6.34. The summed E-state index contributed by atoms with van der Waals surface area (Å²) >= 11 is 7.46. The van der Waals surface area contributed by atoms with Gasteiger partial charge in [0.05, 0.1) is 10.2 Å². The maximum absolute atomic E-state index is 5.87. The molecule has 0 saturated carbocycles. The fourth-order valence-corrected chi connectivity index (χ4v) is 2.55. The van der Waals surface area contributed by atoms with Gasteiger partial charge in [-0.2, -0.15) is 0 Å². The van der Waals surface area contributed by atoms with Crippen LogP contribution in [0.4, 0.5) is 0 Å².